The minimum atomic E-state index is -2.51. The molecule has 1 saturated heterocycles. The first kappa shape index (κ1) is 17.4. The summed E-state index contributed by atoms with van der Waals surface area (Å²) in [6.07, 6.45) is -1.01. The van der Waals surface area contributed by atoms with Gasteiger partial charge in [-0.2, -0.15) is 0 Å². The molecule has 4 atom stereocenters. The molecular formula is C18H17F2N3O4. The standard InChI is InChI=1S/C18H17F2N3O4/c1-26-11-5-8-7(4-9(11)16(21)24)2-3-22-18(8)27-6-10-12-13(15(19)20)14(12)17(25)23-10/h2-5,10,12-15H,6H2,1H3,(H2,21,24)(H,23,25)/t10-,12+,13+,14+/m1/s1. The number of carbonyl (C=O) groups excluding carboxylic acids is 2. The second-order valence-electron chi connectivity index (χ2n) is 6.70. The van der Waals surface area contributed by atoms with Crippen LogP contribution in [0.1, 0.15) is 10.4 Å². The molecule has 1 saturated carbocycles. The number of rotatable bonds is 6. The smallest absolute Gasteiger partial charge is 0.252 e. The molecular weight excluding hydrogens is 360 g/mol. The van der Waals surface area contributed by atoms with Crippen LogP contribution in [0.5, 0.6) is 11.6 Å². The van der Waals surface area contributed by atoms with Gasteiger partial charge in [-0.1, -0.05) is 0 Å². The van der Waals surface area contributed by atoms with Crippen molar-refractivity contribution in [3.63, 3.8) is 0 Å². The number of benzene rings is 1. The number of fused-ring (bicyclic) bond motifs is 2. The van der Waals surface area contributed by atoms with Gasteiger partial charge in [-0.05, 0) is 23.6 Å². The molecule has 27 heavy (non-hydrogen) atoms. The molecule has 1 aromatic carbocycles. The van der Waals surface area contributed by atoms with Crippen molar-refractivity contribution in [1.29, 1.82) is 0 Å². The van der Waals surface area contributed by atoms with Crippen molar-refractivity contribution in [3.8, 4) is 11.6 Å². The Hall–Kier alpha value is -2.97. The Morgan fingerprint density at radius 1 is 1.41 bits per heavy atom. The first-order valence-electron chi connectivity index (χ1n) is 8.40. The van der Waals surface area contributed by atoms with E-state index in [1.165, 1.54) is 13.3 Å². The summed E-state index contributed by atoms with van der Waals surface area (Å²) < 4.78 is 36.9. The number of nitrogens with zero attached hydrogens (tertiary/aromatic N) is 1. The number of alkyl halides is 2. The summed E-state index contributed by atoms with van der Waals surface area (Å²) in [4.78, 5) is 27.5. The van der Waals surface area contributed by atoms with Crippen LogP contribution in [-0.2, 0) is 4.79 Å². The third-order valence-electron chi connectivity index (χ3n) is 5.23. The molecule has 2 aliphatic rings. The van der Waals surface area contributed by atoms with Crippen LogP contribution in [-0.4, -0.2) is 43.0 Å². The van der Waals surface area contributed by atoms with E-state index in [9.17, 15) is 18.4 Å². The molecule has 2 fully saturated rings. The Labute approximate surface area is 152 Å². The van der Waals surface area contributed by atoms with E-state index in [0.29, 0.717) is 10.8 Å². The number of halogens is 2. The van der Waals surface area contributed by atoms with Gasteiger partial charge >= 0.3 is 0 Å². The Balaban J connectivity index is 1.58. The summed E-state index contributed by atoms with van der Waals surface area (Å²) in [7, 11) is 1.41. The first-order valence-corrected chi connectivity index (χ1v) is 8.40. The summed E-state index contributed by atoms with van der Waals surface area (Å²) in [5.41, 5.74) is 5.59. The van der Waals surface area contributed by atoms with Gasteiger partial charge in [0.2, 0.25) is 18.2 Å². The maximum absolute atomic E-state index is 13.0. The molecule has 4 rings (SSSR count). The molecule has 2 aromatic rings. The lowest BCUT2D eigenvalue weighted by Gasteiger charge is -2.17. The highest BCUT2D eigenvalue weighted by molar-refractivity contribution is 6.01. The Kier molecular flexibility index (Phi) is 4.09. The molecule has 1 aliphatic heterocycles. The van der Waals surface area contributed by atoms with E-state index in [1.807, 2.05) is 0 Å². The zero-order valence-electron chi connectivity index (χ0n) is 14.3. The summed E-state index contributed by atoms with van der Waals surface area (Å²) in [6.45, 7) is 0.0299. The maximum Gasteiger partial charge on any atom is 0.252 e. The lowest BCUT2D eigenvalue weighted by atomic mass is 10.1. The van der Waals surface area contributed by atoms with Gasteiger partial charge in [0, 0.05) is 23.4 Å². The molecule has 0 bridgehead atoms. The highest BCUT2D eigenvalue weighted by atomic mass is 19.3. The number of nitrogens with two attached hydrogens (primary N) is 1. The zero-order chi connectivity index (χ0) is 19.3. The third kappa shape index (κ3) is 2.83. The van der Waals surface area contributed by atoms with Crippen LogP contribution in [0.3, 0.4) is 0 Å². The average Bonchev–Trinajstić information content (AvgIpc) is 3.32. The SMILES string of the molecule is COc1cc2c(OC[C@H]3NC(=O)[C@@H]4[C@@H](C(F)F)[C@@H]43)nccc2cc1C(N)=O. The number of amides is 2. The van der Waals surface area contributed by atoms with Crippen molar-refractivity contribution in [2.24, 2.45) is 23.5 Å². The van der Waals surface area contributed by atoms with Crippen molar-refractivity contribution in [1.82, 2.24) is 10.3 Å². The van der Waals surface area contributed by atoms with Crippen LogP contribution in [0.15, 0.2) is 24.4 Å². The summed E-state index contributed by atoms with van der Waals surface area (Å²) in [5.74, 6) is -2.38. The van der Waals surface area contributed by atoms with E-state index in [1.54, 1.807) is 18.2 Å². The molecule has 2 heterocycles. The number of piperidine rings is 1. The lowest BCUT2D eigenvalue weighted by molar-refractivity contribution is -0.122. The van der Waals surface area contributed by atoms with Crippen molar-refractivity contribution in [2.45, 2.75) is 12.5 Å². The van der Waals surface area contributed by atoms with Crippen LogP contribution in [0.4, 0.5) is 8.78 Å². The molecule has 142 valence electrons. The third-order valence-corrected chi connectivity index (χ3v) is 5.23. The number of methoxy groups -OCH3 is 1. The van der Waals surface area contributed by atoms with Gasteiger partial charge in [-0.25, -0.2) is 13.8 Å². The highest BCUT2D eigenvalue weighted by Gasteiger charge is 2.67. The number of hydrogen-bond donors (Lipinski definition) is 2. The minimum absolute atomic E-state index is 0.0299. The van der Waals surface area contributed by atoms with E-state index in [-0.39, 0.29) is 29.7 Å². The number of aromatic nitrogens is 1. The molecule has 3 N–H and O–H groups in total. The van der Waals surface area contributed by atoms with Crippen molar-refractivity contribution in [3.05, 3.63) is 30.0 Å². The summed E-state index contributed by atoms with van der Waals surface area (Å²) in [5, 5.41) is 3.94. The molecule has 7 nitrogen and oxygen atoms in total. The Morgan fingerprint density at radius 2 is 2.19 bits per heavy atom. The number of ether oxygens (including phenoxy) is 2. The molecule has 1 aromatic heterocycles. The second-order valence-corrected chi connectivity index (χ2v) is 6.70. The van der Waals surface area contributed by atoms with Gasteiger partial charge in [-0.15, -0.1) is 0 Å². The topological polar surface area (TPSA) is 104 Å². The van der Waals surface area contributed by atoms with E-state index in [0.717, 1.165) is 0 Å². The predicted octanol–water partition coefficient (Wildman–Crippen LogP) is 1.35. The number of carbonyl (C=O) groups is 2. The van der Waals surface area contributed by atoms with Crippen molar-refractivity contribution >= 4 is 22.6 Å². The van der Waals surface area contributed by atoms with Crippen LogP contribution >= 0.6 is 0 Å². The molecule has 9 heteroatoms. The van der Waals surface area contributed by atoms with Gasteiger partial charge in [-0.3, -0.25) is 9.59 Å². The monoisotopic (exact) mass is 377 g/mol. The van der Waals surface area contributed by atoms with Crippen molar-refractivity contribution < 1.29 is 27.8 Å². The van der Waals surface area contributed by atoms with Crippen LogP contribution in [0.2, 0.25) is 0 Å². The fourth-order valence-corrected chi connectivity index (χ4v) is 3.90. The number of nitrogens with one attached hydrogen (secondary N) is 1. The van der Waals surface area contributed by atoms with Gasteiger partial charge in [0.25, 0.3) is 5.91 Å². The second kappa shape index (κ2) is 6.33. The molecule has 2 amide bonds. The fraction of sp³-hybridized carbons (Fsp3) is 0.389. The van der Waals surface area contributed by atoms with Crippen LogP contribution < -0.4 is 20.5 Å². The average molecular weight is 377 g/mol. The maximum atomic E-state index is 13.0. The predicted molar refractivity (Wildman–Crippen MR) is 90.7 cm³/mol. The highest BCUT2D eigenvalue weighted by Crippen LogP contribution is 2.55. The van der Waals surface area contributed by atoms with E-state index in [2.05, 4.69) is 10.3 Å². The molecule has 0 spiro atoms. The summed E-state index contributed by atoms with van der Waals surface area (Å²) >= 11 is 0. The lowest BCUT2D eigenvalue weighted by Crippen LogP contribution is -2.38. The zero-order valence-corrected chi connectivity index (χ0v) is 14.3. The van der Waals surface area contributed by atoms with Gasteiger partial charge in [0.1, 0.15) is 12.4 Å². The normalized spacial score (nSPS) is 26.0. The van der Waals surface area contributed by atoms with E-state index < -0.39 is 36.1 Å². The van der Waals surface area contributed by atoms with Crippen molar-refractivity contribution in [2.75, 3.05) is 13.7 Å². The van der Waals surface area contributed by atoms with Crippen LogP contribution in [0, 0.1) is 17.8 Å². The molecule has 0 radical (unpaired) electrons. The van der Waals surface area contributed by atoms with Gasteiger partial charge < -0.3 is 20.5 Å². The van der Waals surface area contributed by atoms with E-state index >= 15 is 0 Å². The Bertz CT molecular complexity index is 936. The first-order chi connectivity index (χ1) is 12.9. The van der Waals surface area contributed by atoms with Gasteiger partial charge in [0.15, 0.2) is 0 Å². The summed E-state index contributed by atoms with van der Waals surface area (Å²) in [6, 6.07) is 4.37. The molecule has 1 aliphatic carbocycles. The van der Waals surface area contributed by atoms with Gasteiger partial charge in [0.05, 0.1) is 24.6 Å². The number of primary amides is 1. The minimum Gasteiger partial charge on any atom is -0.496 e. The largest absolute Gasteiger partial charge is 0.496 e. The quantitative estimate of drug-likeness (QED) is 0.791. The number of hydrogen-bond acceptors (Lipinski definition) is 5. The van der Waals surface area contributed by atoms with E-state index in [4.69, 9.17) is 15.2 Å². The van der Waals surface area contributed by atoms with Crippen LogP contribution in [0.25, 0.3) is 10.8 Å². The molecule has 0 unspecified atom stereocenters. The fourth-order valence-electron chi connectivity index (χ4n) is 3.90. The number of pyridine rings is 1. The Morgan fingerprint density at radius 3 is 2.81 bits per heavy atom.